The van der Waals surface area contributed by atoms with Gasteiger partial charge >= 0.3 is 0 Å². The van der Waals surface area contributed by atoms with Gasteiger partial charge < -0.3 is 9.80 Å². The third-order valence-electron chi connectivity index (χ3n) is 3.91. The zero-order chi connectivity index (χ0) is 14.4. The summed E-state index contributed by atoms with van der Waals surface area (Å²) in [6.45, 7) is 8.16. The molecule has 1 aliphatic rings. The molecule has 110 valence electrons. The molecule has 0 aliphatic carbocycles. The van der Waals surface area contributed by atoms with Crippen LogP contribution in [-0.2, 0) is 11.3 Å². The molecule has 1 aromatic carbocycles. The highest BCUT2D eigenvalue weighted by atomic mass is 16.2. The summed E-state index contributed by atoms with van der Waals surface area (Å²) in [6.07, 6.45) is 0. The van der Waals surface area contributed by atoms with Gasteiger partial charge in [-0.2, -0.15) is 0 Å². The second-order valence-electron chi connectivity index (χ2n) is 5.47. The molecule has 1 heterocycles. The molecule has 4 nitrogen and oxygen atoms in total. The first-order chi connectivity index (χ1) is 9.69. The molecule has 1 fully saturated rings. The van der Waals surface area contributed by atoms with Crippen molar-refractivity contribution in [1.29, 1.82) is 0 Å². The highest BCUT2D eigenvalue weighted by Gasteiger charge is 2.19. The number of amides is 1. The van der Waals surface area contributed by atoms with E-state index in [1.165, 1.54) is 5.56 Å². The molecule has 0 spiro atoms. The van der Waals surface area contributed by atoms with Crippen LogP contribution in [0.2, 0.25) is 0 Å². The Morgan fingerprint density at radius 1 is 1.15 bits per heavy atom. The molecular formula is C16H25N3O. The first-order valence-electron chi connectivity index (χ1n) is 7.41. The predicted molar refractivity (Wildman–Crippen MR) is 81.5 cm³/mol. The Morgan fingerprint density at radius 2 is 1.80 bits per heavy atom. The van der Waals surface area contributed by atoms with Gasteiger partial charge in [0, 0.05) is 39.3 Å². The van der Waals surface area contributed by atoms with Crippen molar-refractivity contribution in [2.75, 3.05) is 46.3 Å². The number of hydrogen-bond acceptors (Lipinski definition) is 3. The largest absolute Gasteiger partial charge is 0.338 e. The van der Waals surface area contributed by atoms with E-state index in [1.54, 1.807) is 0 Å². The summed E-state index contributed by atoms with van der Waals surface area (Å²) in [4.78, 5) is 18.9. The van der Waals surface area contributed by atoms with Crippen LogP contribution in [0.5, 0.6) is 0 Å². The van der Waals surface area contributed by atoms with Crippen LogP contribution in [0.3, 0.4) is 0 Å². The van der Waals surface area contributed by atoms with Gasteiger partial charge in [0.1, 0.15) is 0 Å². The molecule has 20 heavy (non-hydrogen) atoms. The molecule has 1 saturated heterocycles. The Bertz CT molecular complexity index is 413. The minimum atomic E-state index is 0.237. The minimum Gasteiger partial charge on any atom is -0.338 e. The molecule has 1 aromatic rings. The first-order valence-corrected chi connectivity index (χ1v) is 7.41. The number of likely N-dealkylation sites (N-methyl/N-ethyl adjacent to an activating group) is 2. The molecule has 0 aromatic heterocycles. The molecule has 0 saturated carbocycles. The Labute approximate surface area is 122 Å². The van der Waals surface area contributed by atoms with Gasteiger partial charge in [-0.05, 0) is 19.5 Å². The normalized spacial score (nSPS) is 17.1. The average Bonchev–Trinajstić information content (AvgIpc) is 2.48. The average molecular weight is 275 g/mol. The molecule has 1 aliphatic heterocycles. The second kappa shape index (κ2) is 7.41. The third kappa shape index (κ3) is 4.32. The summed E-state index contributed by atoms with van der Waals surface area (Å²) in [7, 11) is 2.13. The van der Waals surface area contributed by atoms with Crippen molar-refractivity contribution in [2.24, 2.45) is 0 Å². The lowest BCUT2D eigenvalue weighted by molar-refractivity contribution is -0.133. The number of piperazine rings is 1. The molecule has 0 radical (unpaired) electrons. The van der Waals surface area contributed by atoms with E-state index in [4.69, 9.17) is 0 Å². The Hall–Kier alpha value is -1.39. The molecule has 0 unspecified atom stereocenters. The Balaban J connectivity index is 1.86. The van der Waals surface area contributed by atoms with Crippen molar-refractivity contribution in [2.45, 2.75) is 13.5 Å². The van der Waals surface area contributed by atoms with Crippen molar-refractivity contribution in [3.05, 3.63) is 35.9 Å². The summed E-state index contributed by atoms with van der Waals surface area (Å²) >= 11 is 0. The fourth-order valence-corrected chi connectivity index (χ4v) is 2.48. The van der Waals surface area contributed by atoms with Crippen LogP contribution in [0.25, 0.3) is 0 Å². The van der Waals surface area contributed by atoms with E-state index < -0.39 is 0 Å². The van der Waals surface area contributed by atoms with Crippen LogP contribution in [-0.4, -0.2) is 66.9 Å². The molecule has 1 amide bonds. The standard InChI is InChI=1S/C16H25N3O/c1-3-19(13-15-7-5-4-6-8-15)16(20)14-18-11-9-17(2)10-12-18/h4-8H,3,9-14H2,1-2H3. The van der Waals surface area contributed by atoms with E-state index in [1.807, 2.05) is 30.0 Å². The van der Waals surface area contributed by atoms with E-state index in [2.05, 4.69) is 29.0 Å². The Kier molecular flexibility index (Phi) is 5.56. The lowest BCUT2D eigenvalue weighted by Crippen LogP contribution is -2.48. The van der Waals surface area contributed by atoms with Crippen molar-refractivity contribution < 1.29 is 4.79 Å². The van der Waals surface area contributed by atoms with Crippen LogP contribution in [0.15, 0.2) is 30.3 Å². The van der Waals surface area contributed by atoms with Crippen molar-refractivity contribution in [3.8, 4) is 0 Å². The van der Waals surface area contributed by atoms with Crippen molar-refractivity contribution >= 4 is 5.91 Å². The van der Waals surface area contributed by atoms with Gasteiger partial charge in [-0.1, -0.05) is 30.3 Å². The third-order valence-corrected chi connectivity index (χ3v) is 3.91. The highest BCUT2D eigenvalue weighted by molar-refractivity contribution is 5.78. The van der Waals surface area contributed by atoms with Gasteiger partial charge in [0.2, 0.25) is 5.91 Å². The molecule has 2 rings (SSSR count). The maximum atomic E-state index is 12.4. The molecule has 0 bridgehead atoms. The monoisotopic (exact) mass is 275 g/mol. The van der Waals surface area contributed by atoms with Crippen molar-refractivity contribution in [1.82, 2.24) is 14.7 Å². The zero-order valence-corrected chi connectivity index (χ0v) is 12.6. The maximum Gasteiger partial charge on any atom is 0.237 e. The van der Waals surface area contributed by atoms with Crippen LogP contribution in [0.4, 0.5) is 0 Å². The summed E-state index contributed by atoms with van der Waals surface area (Å²) in [6, 6.07) is 10.2. The number of carbonyl (C=O) groups excluding carboxylic acids is 1. The molecule has 0 N–H and O–H groups in total. The summed E-state index contributed by atoms with van der Waals surface area (Å²) in [5.74, 6) is 0.237. The molecule has 4 heteroatoms. The fourth-order valence-electron chi connectivity index (χ4n) is 2.48. The first kappa shape index (κ1) is 15.0. The van der Waals surface area contributed by atoms with Gasteiger partial charge in [-0.25, -0.2) is 0 Å². The Morgan fingerprint density at radius 3 is 2.40 bits per heavy atom. The lowest BCUT2D eigenvalue weighted by atomic mass is 10.2. The van der Waals surface area contributed by atoms with Gasteiger partial charge in [-0.15, -0.1) is 0 Å². The van der Waals surface area contributed by atoms with E-state index in [0.717, 1.165) is 32.7 Å². The molecular weight excluding hydrogens is 250 g/mol. The predicted octanol–water partition coefficient (Wildman–Crippen LogP) is 1.28. The van der Waals surface area contributed by atoms with Gasteiger partial charge in [0.05, 0.1) is 6.54 Å². The number of carbonyl (C=O) groups is 1. The second-order valence-corrected chi connectivity index (χ2v) is 5.47. The van der Waals surface area contributed by atoms with Crippen LogP contribution in [0, 0.1) is 0 Å². The quantitative estimate of drug-likeness (QED) is 0.810. The van der Waals surface area contributed by atoms with E-state index in [9.17, 15) is 4.79 Å². The van der Waals surface area contributed by atoms with Crippen LogP contribution < -0.4 is 0 Å². The smallest absolute Gasteiger partial charge is 0.237 e. The number of benzene rings is 1. The summed E-state index contributed by atoms with van der Waals surface area (Å²) in [5, 5.41) is 0. The van der Waals surface area contributed by atoms with Crippen LogP contribution >= 0.6 is 0 Å². The van der Waals surface area contributed by atoms with Gasteiger partial charge in [0.15, 0.2) is 0 Å². The van der Waals surface area contributed by atoms with Gasteiger partial charge in [0.25, 0.3) is 0 Å². The van der Waals surface area contributed by atoms with Crippen LogP contribution in [0.1, 0.15) is 12.5 Å². The zero-order valence-electron chi connectivity index (χ0n) is 12.6. The topological polar surface area (TPSA) is 26.8 Å². The van der Waals surface area contributed by atoms with E-state index in [0.29, 0.717) is 13.1 Å². The summed E-state index contributed by atoms with van der Waals surface area (Å²) < 4.78 is 0. The molecule has 0 atom stereocenters. The minimum absolute atomic E-state index is 0.237. The number of hydrogen-bond donors (Lipinski definition) is 0. The SMILES string of the molecule is CCN(Cc1ccccc1)C(=O)CN1CCN(C)CC1. The number of nitrogens with zero attached hydrogens (tertiary/aromatic N) is 3. The fraction of sp³-hybridized carbons (Fsp3) is 0.562. The highest BCUT2D eigenvalue weighted by Crippen LogP contribution is 2.06. The van der Waals surface area contributed by atoms with Gasteiger partial charge in [-0.3, -0.25) is 9.69 Å². The van der Waals surface area contributed by atoms with Crippen molar-refractivity contribution in [3.63, 3.8) is 0 Å². The van der Waals surface area contributed by atoms with E-state index >= 15 is 0 Å². The maximum absolute atomic E-state index is 12.4. The summed E-state index contributed by atoms with van der Waals surface area (Å²) in [5.41, 5.74) is 1.20. The lowest BCUT2D eigenvalue weighted by Gasteiger charge is -2.33. The number of rotatable bonds is 5. The van der Waals surface area contributed by atoms with E-state index in [-0.39, 0.29) is 5.91 Å².